The minimum atomic E-state index is -0.516. The molecule has 2 nitrogen and oxygen atoms in total. The van der Waals surface area contributed by atoms with E-state index in [9.17, 15) is 8.78 Å². The van der Waals surface area contributed by atoms with Crippen molar-refractivity contribution in [2.24, 2.45) is 11.5 Å². The van der Waals surface area contributed by atoms with E-state index in [0.29, 0.717) is 13.0 Å². The second-order valence-corrected chi connectivity index (χ2v) is 6.79. The van der Waals surface area contributed by atoms with Crippen LogP contribution in [0.5, 0.6) is 0 Å². The molecule has 0 heterocycles. The molecule has 0 bridgehead atoms. The van der Waals surface area contributed by atoms with Gasteiger partial charge >= 0.3 is 0 Å². The Kier molecular flexibility index (Phi) is 5.17. The molecule has 23 heavy (non-hydrogen) atoms. The van der Waals surface area contributed by atoms with Gasteiger partial charge in [-0.2, -0.15) is 0 Å². The molecule has 0 aliphatic carbocycles. The molecule has 2 aromatic carbocycles. The Morgan fingerprint density at radius 2 is 1.17 bits per heavy atom. The zero-order valence-corrected chi connectivity index (χ0v) is 13.7. The molecule has 0 fully saturated rings. The van der Waals surface area contributed by atoms with Crippen LogP contribution in [0.3, 0.4) is 0 Å². The first-order valence-electron chi connectivity index (χ1n) is 7.78. The molecule has 4 heteroatoms. The molecule has 0 saturated carbocycles. The van der Waals surface area contributed by atoms with E-state index in [1.165, 1.54) is 24.3 Å². The summed E-state index contributed by atoms with van der Waals surface area (Å²) in [5.41, 5.74) is 13.3. The van der Waals surface area contributed by atoms with Crippen LogP contribution in [0, 0.1) is 11.6 Å². The van der Waals surface area contributed by atoms with Crippen LogP contribution in [0.15, 0.2) is 48.5 Å². The van der Waals surface area contributed by atoms with Gasteiger partial charge in [0.25, 0.3) is 0 Å². The Balaban J connectivity index is 2.51. The summed E-state index contributed by atoms with van der Waals surface area (Å²) in [7, 11) is 0. The van der Waals surface area contributed by atoms with Crippen molar-refractivity contribution in [1.82, 2.24) is 0 Å². The smallest absolute Gasteiger partial charge is 0.123 e. The molecule has 0 aliphatic rings. The molecule has 2 aromatic rings. The van der Waals surface area contributed by atoms with Gasteiger partial charge in [0.1, 0.15) is 11.6 Å². The van der Waals surface area contributed by atoms with Crippen molar-refractivity contribution in [1.29, 1.82) is 0 Å². The van der Waals surface area contributed by atoms with Crippen LogP contribution in [0.4, 0.5) is 8.78 Å². The van der Waals surface area contributed by atoms with Crippen molar-refractivity contribution in [3.63, 3.8) is 0 Å². The molecule has 0 unspecified atom stereocenters. The Labute approximate surface area is 136 Å². The van der Waals surface area contributed by atoms with Gasteiger partial charge in [-0.15, -0.1) is 0 Å². The summed E-state index contributed by atoms with van der Waals surface area (Å²) < 4.78 is 26.6. The van der Waals surface area contributed by atoms with Gasteiger partial charge in [0.2, 0.25) is 0 Å². The Morgan fingerprint density at radius 3 is 1.48 bits per heavy atom. The fourth-order valence-corrected chi connectivity index (χ4v) is 2.87. The zero-order chi connectivity index (χ0) is 17.1. The van der Waals surface area contributed by atoms with Crippen LogP contribution in [0.25, 0.3) is 0 Å². The third-order valence-corrected chi connectivity index (χ3v) is 4.34. The highest BCUT2D eigenvalue weighted by molar-refractivity contribution is 5.40. The van der Waals surface area contributed by atoms with E-state index in [1.807, 2.05) is 13.8 Å². The van der Waals surface area contributed by atoms with E-state index in [-0.39, 0.29) is 17.2 Å². The molecule has 124 valence electrons. The Morgan fingerprint density at radius 1 is 0.783 bits per heavy atom. The lowest BCUT2D eigenvalue weighted by Gasteiger charge is -2.36. The zero-order valence-electron chi connectivity index (χ0n) is 13.7. The van der Waals surface area contributed by atoms with Gasteiger partial charge in [-0.25, -0.2) is 8.78 Å². The standard InChI is InChI=1S/C19H24F2N2/c1-18(2,23)11-12-19(13-22,14-3-7-16(20)8-4-14)15-5-9-17(21)10-6-15/h3-10H,11-13,22-23H2,1-2H3. The van der Waals surface area contributed by atoms with Gasteiger partial charge in [-0.05, 0) is 62.1 Å². The van der Waals surface area contributed by atoms with Crippen LogP contribution in [-0.2, 0) is 5.41 Å². The lowest BCUT2D eigenvalue weighted by atomic mass is 9.70. The van der Waals surface area contributed by atoms with E-state index in [2.05, 4.69) is 0 Å². The molecule has 0 saturated heterocycles. The number of hydrogen-bond donors (Lipinski definition) is 2. The fraction of sp³-hybridized carbons (Fsp3) is 0.368. The Hall–Kier alpha value is -1.78. The number of benzene rings is 2. The average Bonchev–Trinajstić information content (AvgIpc) is 2.50. The highest BCUT2D eigenvalue weighted by Crippen LogP contribution is 2.37. The largest absolute Gasteiger partial charge is 0.329 e. The molecule has 0 amide bonds. The lowest BCUT2D eigenvalue weighted by Crippen LogP contribution is -2.41. The van der Waals surface area contributed by atoms with Crippen molar-refractivity contribution < 1.29 is 8.78 Å². The quantitative estimate of drug-likeness (QED) is 0.853. The van der Waals surface area contributed by atoms with E-state index >= 15 is 0 Å². The van der Waals surface area contributed by atoms with Crippen molar-refractivity contribution in [3.8, 4) is 0 Å². The number of nitrogens with two attached hydrogens (primary N) is 2. The second-order valence-electron chi connectivity index (χ2n) is 6.79. The number of halogens is 2. The third-order valence-electron chi connectivity index (χ3n) is 4.34. The maximum Gasteiger partial charge on any atom is 0.123 e. The van der Waals surface area contributed by atoms with Gasteiger partial charge in [0.05, 0.1) is 0 Å². The first-order chi connectivity index (χ1) is 10.8. The van der Waals surface area contributed by atoms with Gasteiger partial charge in [0, 0.05) is 17.5 Å². The summed E-state index contributed by atoms with van der Waals surface area (Å²) in [6, 6.07) is 12.7. The summed E-state index contributed by atoms with van der Waals surface area (Å²) in [6.45, 7) is 4.26. The summed E-state index contributed by atoms with van der Waals surface area (Å²) >= 11 is 0. The third kappa shape index (κ3) is 4.15. The minimum absolute atomic E-state index is 0.294. The summed E-state index contributed by atoms with van der Waals surface area (Å²) in [5.74, 6) is -0.587. The topological polar surface area (TPSA) is 52.0 Å². The molecule has 0 radical (unpaired) electrons. The van der Waals surface area contributed by atoms with Crippen molar-refractivity contribution in [3.05, 3.63) is 71.3 Å². The lowest BCUT2D eigenvalue weighted by molar-refractivity contribution is 0.379. The van der Waals surface area contributed by atoms with E-state index < -0.39 is 5.41 Å². The predicted octanol–water partition coefficient (Wildman–Crippen LogP) is 3.73. The molecule has 0 atom stereocenters. The van der Waals surface area contributed by atoms with Crippen molar-refractivity contribution >= 4 is 0 Å². The minimum Gasteiger partial charge on any atom is -0.329 e. The van der Waals surface area contributed by atoms with E-state index in [1.54, 1.807) is 24.3 Å². The summed E-state index contributed by atoms with van der Waals surface area (Å²) in [6.07, 6.45) is 1.43. The summed E-state index contributed by atoms with van der Waals surface area (Å²) in [4.78, 5) is 0. The average molecular weight is 318 g/mol. The van der Waals surface area contributed by atoms with Gasteiger partial charge in [-0.3, -0.25) is 0 Å². The van der Waals surface area contributed by atoms with Gasteiger partial charge in [-0.1, -0.05) is 24.3 Å². The predicted molar refractivity (Wildman–Crippen MR) is 90.1 cm³/mol. The van der Waals surface area contributed by atoms with Crippen LogP contribution in [0.2, 0.25) is 0 Å². The maximum atomic E-state index is 13.3. The SMILES string of the molecule is CC(C)(N)CCC(CN)(c1ccc(F)cc1)c1ccc(F)cc1. The maximum absolute atomic E-state index is 13.3. The summed E-state index contributed by atoms with van der Waals surface area (Å²) in [5, 5.41) is 0. The molecule has 0 spiro atoms. The van der Waals surface area contributed by atoms with Crippen molar-refractivity contribution in [2.45, 2.75) is 37.6 Å². The monoisotopic (exact) mass is 318 g/mol. The first kappa shape index (κ1) is 17.6. The van der Waals surface area contributed by atoms with E-state index in [0.717, 1.165) is 17.5 Å². The molecule has 0 aromatic heterocycles. The second kappa shape index (κ2) is 6.77. The van der Waals surface area contributed by atoms with Crippen molar-refractivity contribution in [2.75, 3.05) is 6.54 Å². The molecule has 0 aliphatic heterocycles. The normalized spacial score (nSPS) is 12.4. The fourth-order valence-electron chi connectivity index (χ4n) is 2.87. The van der Waals surface area contributed by atoms with Crippen LogP contribution in [0.1, 0.15) is 37.8 Å². The van der Waals surface area contributed by atoms with Gasteiger partial charge in [0.15, 0.2) is 0 Å². The van der Waals surface area contributed by atoms with Crippen LogP contribution >= 0.6 is 0 Å². The van der Waals surface area contributed by atoms with Gasteiger partial charge < -0.3 is 11.5 Å². The highest BCUT2D eigenvalue weighted by Gasteiger charge is 2.34. The molecule has 4 N–H and O–H groups in total. The number of rotatable bonds is 6. The van der Waals surface area contributed by atoms with Crippen LogP contribution < -0.4 is 11.5 Å². The molecular weight excluding hydrogens is 294 g/mol. The number of hydrogen-bond acceptors (Lipinski definition) is 2. The van der Waals surface area contributed by atoms with E-state index in [4.69, 9.17) is 11.5 Å². The first-order valence-corrected chi connectivity index (χ1v) is 7.78. The molecule has 2 rings (SSSR count). The molecular formula is C19H24F2N2. The highest BCUT2D eigenvalue weighted by atomic mass is 19.1. The van der Waals surface area contributed by atoms with Crippen LogP contribution in [-0.4, -0.2) is 12.1 Å². The Bertz CT molecular complexity index is 582.